The summed E-state index contributed by atoms with van der Waals surface area (Å²) < 4.78 is 4.97. The molecular formula is C12H12NO4-. The van der Waals surface area contributed by atoms with Crippen molar-refractivity contribution in [3.63, 3.8) is 0 Å². The number of ether oxygens (including phenoxy) is 1. The number of carbonyl (C=O) groups excluding carboxylic acids is 2. The lowest BCUT2D eigenvalue weighted by molar-refractivity contribution is -0.299. The Hall–Kier alpha value is -2.30. The number of nitrogens with one attached hydrogen (secondary N) is 1. The summed E-state index contributed by atoms with van der Waals surface area (Å²) in [7, 11) is 1.54. The van der Waals surface area contributed by atoms with Crippen LogP contribution < -0.4 is 15.2 Å². The first-order valence-electron chi connectivity index (χ1n) is 4.87. The van der Waals surface area contributed by atoms with Gasteiger partial charge >= 0.3 is 0 Å². The highest BCUT2D eigenvalue weighted by molar-refractivity contribution is 5.95. The molecule has 1 aromatic carbocycles. The average Bonchev–Trinajstić information content (AvgIpc) is 2.28. The summed E-state index contributed by atoms with van der Waals surface area (Å²) in [6.45, 7) is 1.23. The maximum Gasteiger partial charge on any atom is 0.221 e. The van der Waals surface area contributed by atoms with E-state index >= 15 is 0 Å². The normalized spacial score (nSPS) is 10.8. The molecule has 90 valence electrons. The summed E-state index contributed by atoms with van der Waals surface area (Å²) in [5, 5.41) is 12.9. The predicted molar refractivity (Wildman–Crippen MR) is 59.8 cm³/mol. The van der Waals surface area contributed by atoms with Gasteiger partial charge < -0.3 is 20.0 Å². The largest absolute Gasteiger partial charge is 0.543 e. The maximum atomic E-state index is 10.8. The lowest BCUT2D eigenvalue weighted by atomic mass is 10.2. The van der Waals surface area contributed by atoms with Crippen LogP contribution in [0.4, 0.5) is 0 Å². The van der Waals surface area contributed by atoms with E-state index in [1.807, 2.05) is 0 Å². The number of carboxylic acids is 1. The van der Waals surface area contributed by atoms with Crippen LogP contribution in [0.15, 0.2) is 30.0 Å². The van der Waals surface area contributed by atoms with Crippen LogP contribution in [0.3, 0.4) is 0 Å². The molecule has 0 spiro atoms. The second-order valence-corrected chi connectivity index (χ2v) is 3.30. The van der Waals surface area contributed by atoms with Gasteiger partial charge in [0.1, 0.15) is 5.75 Å². The molecule has 0 radical (unpaired) electrons. The quantitative estimate of drug-likeness (QED) is 0.739. The minimum atomic E-state index is -1.43. The Bertz CT molecular complexity index is 448. The van der Waals surface area contributed by atoms with Crippen LogP contribution in [0.25, 0.3) is 6.08 Å². The van der Waals surface area contributed by atoms with Crippen molar-refractivity contribution in [3.05, 3.63) is 35.5 Å². The van der Waals surface area contributed by atoms with E-state index in [1.165, 1.54) is 20.1 Å². The average molecular weight is 234 g/mol. The number of carboxylic acid groups (broad SMARTS) is 1. The zero-order chi connectivity index (χ0) is 12.8. The molecule has 1 rings (SSSR count). The molecule has 0 aromatic heterocycles. The van der Waals surface area contributed by atoms with Gasteiger partial charge in [-0.3, -0.25) is 4.79 Å². The number of benzene rings is 1. The highest BCUT2D eigenvalue weighted by Gasteiger charge is 2.01. The number of carbonyl (C=O) groups is 2. The Labute approximate surface area is 98.7 Å². The number of methoxy groups -OCH3 is 1. The van der Waals surface area contributed by atoms with Crippen LogP contribution in [0.2, 0.25) is 0 Å². The number of hydrogen-bond donors (Lipinski definition) is 1. The van der Waals surface area contributed by atoms with Crippen molar-refractivity contribution in [3.8, 4) is 5.75 Å². The summed E-state index contributed by atoms with van der Waals surface area (Å²) in [6.07, 6.45) is 1.32. The van der Waals surface area contributed by atoms with Crippen molar-refractivity contribution in [2.45, 2.75) is 6.92 Å². The first-order valence-corrected chi connectivity index (χ1v) is 4.87. The van der Waals surface area contributed by atoms with E-state index in [0.29, 0.717) is 11.3 Å². The predicted octanol–water partition coefficient (Wildman–Crippen LogP) is -0.0779. The van der Waals surface area contributed by atoms with Gasteiger partial charge in [0.05, 0.1) is 18.8 Å². The van der Waals surface area contributed by atoms with Gasteiger partial charge in [-0.25, -0.2) is 0 Å². The summed E-state index contributed by atoms with van der Waals surface area (Å²) in [5.41, 5.74) is 0.349. The van der Waals surface area contributed by atoms with Gasteiger partial charge in [-0.2, -0.15) is 0 Å². The molecule has 5 heteroatoms. The molecule has 0 bridgehead atoms. The third-order valence-corrected chi connectivity index (χ3v) is 1.96. The van der Waals surface area contributed by atoms with Crippen LogP contribution >= 0.6 is 0 Å². The summed E-state index contributed by atoms with van der Waals surface area (Å²) in [4.78, 5) is 21.5. The fraction of sp³-hybridized carbons (Fsp3) is 0.167. The van der Waals surface area contributed by atoms with Gasteiger partial charge in [-0.1, -0.05) is 12.1 Å². The Morgan fingerprint density at radius 3 is 2.29 bits per heavy atom. The third kappa shape index (κ3) is 3.98. The molecule has 0 unspecified atom stereocenters. The van der Waals surface area contributed by atoms with Crippen LogP contribution in [-0.2, 0) is 9.59 Å². The molecule has 0 aliphatic carbocycles. The van der Waals surface area contributed by atoms with E-state index in [4.69, 9.17) is 4.74 Å². The van der Waals surface area contributed by atoms with E-state index in [2.05, 4.69) is 5.32 Å². The minimum Gasteiger partial charge on any atom is -0.543 e. The Morgan fingerprint density at radius 2 is 1.88 bits per heavy atom. The molecule has 0 fully saturated rings. The summed E-state index contributed by atoms with van der Waals surface area (Å²) in [6, 6.07) is 6.71. The van der Waals surface area contributed by atoms with Gasteiger partial charge in [0, 0.05) is 6.92 Å². The van der Waals surface area contributed by atoms with Gasteiger partial charge in [0.2, 0.25) is 5.91 Å². The molecule has 0 saturated heterocycles. The fourth-order valence-electron chi connectivity index (χ4n) is 1.20. The van der Waals surface area contributed by atoms with Crippen molar-refractivity contribution in [2.75, 3.05) is 7.11 Å². The topological polar surface area (TPSA) is 78.5 Å². The summed E-state index contributed by atoms with van der Waals surface area (Å²) >= 11 is 0. The number of amides is 1. The first kappa shape index (κ1) is 12.8. The van der Waals surface area contributed by atoms with Crippen LogP contribution in [0.5, 0.6) is 5.75 Å². The zero-order valence-electron chi connectivity index (χ0n) is 9.52. The molecule has 17 heavy (non-hydrogen) atoms. The van der Waals surface area contributed by atoms with E-state index in [-0.39, 0.29) is 5.70 Å². The molecule has 0 saturated carbocycles. The lowest BCUT2D eigenvalue weighted by Gasteiger charge is -2.09. The zero-order valence-corrected chi connectivity index (χ0v) is 9.52. The van der Waals surface area contributed by atoms with E-state index in [9.17, 15) is 14.7 Å². The second-order valence-electron chi connectivity index (χ2n) is 3.30. The molecular weight excluding hydrogens is 222 g/mol. The monoisotopic (exact) mass is 234 g/mol. The smallest absolute Gasteiger partial charge is 0.221 e. The Balaban J connectivity index is 2.95. The van der Waals surface area contributed by atoms with Crippen molar-refractivity contribution in [1.29, 1.82) is 0 Å². The molecule has 0 aliphatic rings. The molecule has 5 nitrogen and oxygen atoms in total. The standard InChI is InChI=1S/C12H13NO4/c1-8(14)13-11(12(15)16)7-9-3-5-10(17-2)6-4-9/h3-7H,1-2H3,(H,13,14)(H,15,16)/p-1/b11-7+. The number of hydrogen-bond acceptors (Lipinski definition) is 4. The highest BCUT2D eigenvalue weighted by Crippen LogP contribution is 2.13. The van der Waals surface area contributed by atoms with Crippen molar-refractivity contribution >= 4 is 18.0 Å². The lowest BCUT2D eigenvalue weighted by Crippen LogP contribution is -2.34. The van der Waals surface area contributed by atoms with E-state index in [1.54, 1.807) is 24.3 Å². The maximum absolute atomic E-state index is 10.8. The molecule has 0 aliphatic heterocycles. The number of rotatable bonds is 4. The summed E-state index contributed by atoms with van der Waals surface area (Å²) in [5.74, 6) is -1.23. The van der Waals surface area contributed by atoms with Gasteiger partial charge in [0.25, 0.3) is 0 Å². The van der Waals surface area contributed by atoms with E-state index in [0.717, 1.165) is 0 Å². The number of aliphatic carboxylic acids is 1. The van der Waals surface area contributed by atoms with Crippen molar-refractivity contribution in [1.82, 2.24) is 5.32 Å². The highest BCUT2D eigenvalue weighted by atomic mass is 16.5. The molecule has 0 atom stereocenters. The Morgan fingerprint density at radius 1 is 1.29 bits per heavy atom. The minimum absolute atomic E-state index is 0.275. The SMILES string of the molecule is COc1ccc(/C=C(/NC(C)=O)C(=O)[O-])cc1. The van der Waals surface area contributed by atoms with Crippen LogP contribution in [0, 0.1) is 0 Å². The Kier molecular flexibility index (Phi) is 4.28. The van der Waals surface area contributed by atoms with Crippen LogP contribution in [0.1, 0.15) is 12.5 Å². The van der Waals surface area contributed by atoms with Crippen LogP contribution in [-0.4, -0.2) is 19.0 Å². The fourth-order valence-corrected chi connectivity index (χ4v) is 1.20. The molecule has 1 amide bonds. The first-order chi connectivity index (χ1) is 8.02. The molecule has 1 aromatic rings. The van der Waals surface area contributed by atoms with Crippen molar-refractivity contribution in [2.24, 2.45) is 0 Å². The third-order valence-electron chi connectivity index (χ3n) is 1.96. The van der Waals surface area contributed by atoms with E-state index < -0.39 is 11.9 Å². The van der Waals surface area contributed by atoms with Gasteiger partial charge in [-0.15, -0.1) is 0 Å². The molecule has 0 heterocycles. The van der Waals surface area contributed by atoms with Crippen molar-refractivity contribution < 1.29 is 19.4 Å². The second kappa shape index (κ2) is 5.69. The molecule has 1 N–H and O–H groups in total. The van der Waals surface area contributed by atoms with Gasteiger partial charge in [-0.05, 0) is 23.8 Å². The van der Waals surface area contributed by atoms with Gasteiger partial charge in [0.15, 0.2) is 0 Å².